The Morgan fingerprint density at radius 1 is 1.35 bits per heavy atom. The van der Waals surface area contributed by atoms with Crippen LogP contribution in [0, 0.1) is 19.7 Å². The van der Waals surface area contributed by atoms with Gasteiger partial charge in [-0.1, -0.05) is 17.7 Å². The summed E-state index contributed by atoms with van der Waals surface area (Å²) in [6.45, 7) is 4.45. The van der Waals surface area contributed by atoms with E-state index in [4.69, 9.17) is 11.6 Å². The van der Waals surface area contributed by atoms with Gasteiger partial charge in [-0.05, 0) is 32.4 Å². The van der Waals surface area contributed by atoms with Gasteiger partial charge in [0.1, 0.15) is 17.5 Å². The van der Waals surface area contributed by atoms with Gasteiger partial charge >= 0.3 is 0 Å². The van der Waals surface area contributed by atoms with Crippen LogP contribution in [-0.4, -0.2) is 29.7 Å². The van der Waals surface area contributed by atoms with E-state index in [0.29, 0.717) is 18.8 Å². The van der Waals surface area contributed by atoms with Gasteiger partial charge in [-0.2, -0.15) is 5.10 Å². The molecule has 1 aromatic carbocycles. The molecule has 0 saturated carbocycles. The lowest BCUT2D eigenvalue weighted by atomic mass is 10.2. The highest BCUT2D eigenvalue weighted by atomic mass is 35.5. The van der Waals surface area contributed by atoms with Crippen LogP contribution >= 0.6 is 11.6 Å². The average molecular weight is 361 g/mol. The summed E-state index contributed by atoms with van der Waals surface area (Å²) < 4.78 is 41.8. The van der Waals surface area contributed by atoms with Crippen molar-refractivity contribution in [2.24, 2.45) is 0 Å². The summed E-state index contributed by atoms with van der Waals surface area (Å²) in [5, 5.41) is 4.43. The molecule has 1 N–H and O–H groups in total. The molecule has 0 fully saturated rings. The van der Waals surface area contributed by atoms with Gasteiger partial charge in [0.25, 0.3) is 0 Å². The summed E-state index contributed by atoms with van der Waals surface area (Å²) in [6.07, 6.45) is 0.561. The molecule has 1 aromatic heterocycles. The third kappa shape index (κ3) is 5.26. The number of aryl methyl sites for hydroxylation is 3. The fourth-order valence-electron chi connectivity index (χ4n) is 2.12. The Bertz CT molecular complexity index is 792. The lowest BCUT2D eigenvalue weighted by Crippen LogP contribution is -2.27. The van der Waals surface area contributed by atoms with Gasteiger partial charge in [-0.3, -0.25) is 4.68 Å². The molecule has 0 amide bonds. The number of nitrogens with zero attached hydrogens (tertiary/aromatic N) is 3. The highest BCUT2D eigenvalue weighted by Gasteiger charge is 2.14. The zero-order chi connectivity index (χ0) is 17.0. The molecular weight excluding hydrogens is 343 g/mol. The fourth-order valence-corrected chi connectivity index (χ4v) is 3.48. The van der Waals surface area contributed by atoms with Gasteiger partial charge in [0.15, 0.2) is 0 Å². The summed E-state index contributed by atoms with van der Waals surface area (Å²) >= 11 is 5.64. The second-order valence-electron chi connectivity index (χ2n) is 5.17. The Morgan fingerprint density at radius 2 is 2.09 bits per heavy atom. The number of benzene rings is 1. The van der Waals surface area contributed by atoms with Crippen molar-refractivity contribution < 1.29 is 12.8 Å². The maximum absolute atomic E-state index is 13.6. The molecular formula is C14H18ClFN4O2S. The number of sulfonamides is 1. The molecule has 126 valence electrons. The number of halogens is 2. The van der Waals surface area contributed by atoms with Crippen LogP contribution in [0.4, 0.5) is 4.39 Å². The summed E-state index contributed by atoms with van der Waals surface area (Å²) in [7, 11) is -3.61. The van der Waals surface area contributed by atoms with E-state index in [0.717, 1.165) is 11.9 Å². The van der Waals surface area contributed by atoms with Gasteiger partial charge in [-0.15, -0.1) is 0 Å². The summed E-state index contributed by atoms with van der Waals surface area (Å²) in [5.41, 5.74) is 0.0876. The predicted octanol–water partition coefficient (Wildman–Crippen LogP) is 2.20. The molecule has 0 spiro atoms. The Labute approximate surface area is 139 Å². The van der Waals surface area contributed by atoms with Crippen LogP contribution in [0.2, 0.25) is 5.02 Å². The van der Waals surface area contributed by atoms with Crippen LogP contribution in [0.15, 0.2) is 18.2 Å². The highest BCUT2D eigenvalue weighted by Crippen LogP contribution is 2.16. The summed E-state index contributed by atoms with van der Waals surface area (Å²) in [6, 6.07) is 3.94. The largest absolute Gasteiger partial charge is 0.250 e. The molecule has 0 aliphatic carbocycles. The van der Waals surface area contributed by atoms with Crippen molar-refractivity contribution in [1.29, 1.82) is 0 Å². The Hall–Kier alpha value is -1.51. The number of rotatable bonds is 7. The first-order valence-corrected chi connectivity index (χ1v) is 9.09. The van der Waals surface area contributed by atoms with Gasteiger partial charge in [0.05, 0.1) is 5.75 Å². The van der Waals surface area contributed by atoms with Crippen LogP contribution in [0.5, 0.6) is 0 Å². The van der Waals surface area contributed by atoms with E-state index in [9.17, 15) is 12.8 Å². The van der Waals surface area contributed by atoms with Crippen molar-refractivity contribution >= 4 is 21.6 Å². The lowest BCUT2D eigenvalue weighted by Gasteiger charge is -2.08. The van der Waals surface area contributed by atoms with Crippen molar-refractivity contribution in [2.75, 3.05) is 6.54 Å². The van der Waals surface area contributed by atoms with Gasteiger partial charge in [-0.25, -0.2) is 22.5 Å². The van der Waals surface area contributed by atoms with E-state index >= 15 is 0 Å². The molecule has 0 aliphatic rings. The Balaban J connectivity index is 1.85. The van der Waals surface area contributed by atoms with Crippen molar-refractivity contribution in [1.82, 2.24) is 19.5 Å². The normalized spacial score (nSPS) is 11.8. The van der Waals surface area contributed by atoms with Crippen LogP contribution in [0.25, 0.3) is 0 Å². The van der Waals surface area contributed by atoms with Crippen LogP contribution in [-0.2, 0) is 22.3 Å². The van der Waals surface area contributed by atoms with Crippen LogP contribution in [0.1, 0.15) is 23.6 Å². The summed E-state index contributed by atoms with van der Waals surface area (Å²) in [4.78, 5) is 4.17. The minimum absolute atomic E-state index is 0.0876. The minimum Gasteiger partial charge on any atom is -0.250 e. The SMILES string of the molecule is Cc1nc(C)n(CCCNS(=O)(=O)Cc2ccc(Cl)cc2F)n1. The van der Waals surface area contributed by atoms with E-state index in [2.05, 4.69) is 14.8 Å². The molecule has 9 heteroatoms. The van der Waals surface area contributed by atoms with Gasteiger partial charge in [0.2, 0.25) is 10.0 Å². The summed E-state index contributed by atoms with van der Waals surface area (Å²) in [5.74, 6) is 0.420. The second-order valence-corrected chi connectivity index (χ2v) is 7.42. The molecule has 0 saturated heterocycles. The molecule has 2 aromatic rings. The zero-order valence-electron chi connectivity index (χ0n) is 12.9. The molecule has 0 unspecified atom stereocenters. The average Bonchev–Trinajstić information content (AvgIpc) is 2.76. The quantitative estimate of drug-likeness (QED) is 0.768. The fraction of sp³-hybridized carbons (Fsp3) is 0.429. The number of hydrogen-bond donors (Lipinski definition) is 1. The van der Waals surface area contributed by atoms with Crippen molar-refractivity contribution in [2.45, 2.75) is 32.6 Å². The molecule has 1 heterocycles. The first-order valence-electron chi connectivity index (χ1n) is 7.06. The first kappa shape index (κ1) is 17.8. The minimum atomic E-state index is -3.61. The van der Waals surface area contributed by atoms with Crippen molar-refractivity contribution in [3.63, 3.8) is 0 Å². The Morgan fingerprint density at radius 3 is 2.70 bits per heavy atom. The number of hydrogen-bond acceptors (Lipinski definition) is 4. The topological polar surface area (TPSA) is 76.9 Å². The predicted molar refractivity (Wildman–Crippen MR) is 86.1 cm³/mol. The Kier molecular flexibility index (Phi) is 5.72. The molecule has 0 atom stereocenters. The van der Waals surface area contributed by atoms with Crippen molar-refractivity contribution in [3.05, 3.63) is 46.3 Å². The maximum atomic E-state index is 13.6. The van der Waals surface area contributed by atoms with Crippen LogP contribution in [0.3, 0.4) is 0 Å². The van der Waals surface area contributed by atoms with E-state index in [-0.39, 0.29) is 17.1 Å². The first-order chi connectivity index (χ1) is 10.8. The molecule has 23 heavy (non-hydrogen) atoms. The highest BCUT2D eigenvalue weighted by molar-refractivity contribution is 7.88. The molecule has 2 rings (SSSR count). The second kappa shape index (κ2) is 7.37. The zero-order valence-corrected chi connectivity index (χ0v) is 14.5. The molecule has 0 radical (unpaired) electrons. The lowest BCUT2D eigenvalue weighted by molar-refractivity contribution is 0.541. The standard InChI is InChI=1S/C14H18ClFN4O2S/c1-10-18-11(2)20(19-10)7-3-6-17-23(21,22)9-12-4-5-13(15)8-14(12)16/h4-5,8,17H,3,6-7,9H2,1-2H3. The van der Waals surface area contributed by atoms with Crippen LogP contribution < -0.4 is 4.72 Å². The molecule has 6 nitrogen and oxygen atoms in total. The van der Waals surface area contributed by atoms with E-state index in [1.54, 1.807) is 11.6 Å². The third-order valence-corrected chi connectivity index (χ3v) is 4.76. The van der Waals surface area contributed by atoms with E-state index in [1.165, 1.54) is 12.1 Å². The molecule has 0 aliphatic heterocycles. The number of nitrogens with one attached hydrogen (secondary N) is 1. The third-order valence-electron chi connectivity index (χ3n) is 3.19. The van der Waals surface area contributed by atoms with Gasteiger partial charge in [0, 0.05) is 23.7 Å². The molecule has 0 bridgehead atoms. The number of aromatic nitrogens is 3. The van der Waals surface area contributed by atoms with Gasteiger partial charge < -0.3 is 0 Å². The van der Waals surface area contributed by atoms with Crippen molar-refractivity contribution in [3.8, 4) is 0 Å². The maximum Gasteiger partial charge on any atom is 0.215 e. The van der Waals surface area contributed by atoms with E-state index in [1.807, 2.05) is 6.92 Å². The van der Waals surface area contributed by atoms with E-state index < -0.39 is 21.6 Å². The monoisotopic (exact) mass is 360 g/mol. The smallest absolute Gasteiger partial charge is 0.215 e.